The van der Waals surface area contributed by atoms with Crippen molar-refractivity contribution in [3.8, 4) is 22.3 Å². The third-order valence-electron chi connectivity index (χ3n) is 16.8. The van der Waals surface area contributed by atoms with Gasteiger partial charge in [-0.05, 0) is 178 Å². The van der Waals surface area contributed by atoms with Crippen LogP contribution in [0.2, 0.25) is 0 Å². The van der Waals surface area contributed by atoms with Gasteiger partial charge in [-0.1, -0.05) is 100 Å². The third kappa shape index (κ3) is 3.80. The Bertz CT molecular complexity index is 2820. The van der Waals surface area contributed by atoms with Crippen LogP contribution in [0.15, 0.2) is 132 Å². The lowest BCUT2D eigenvalue weighted by Crippen LogP contribution is -2.73. The van der Waals surface area contributed by atoms with Gasteiger partial charge in [-0.3, -0.25) is 0 Å². The molecule has 1 aromatic heterocycles. The van der Waals surface area contributed by atoms with Crippen molar-refractivity contribution < 1.29 is 4.42 Å². The van der Waals surface area contributed by atoms with Gasteiger partial charge in [0.05, 0.1) is 0 Å². The van der Waals surface area contributed by atoms with Crippen molar-refractivity contribution in [1.82, 2.24) is 0 Å². The lowest BCUT2D eigenvalue weighted by Gasteiger charge is -2.76. The molecular weight excluding hydrogens is 679 g/mol. The number of furan rings is 1. The standard InChI is InChI=1S/C54H49NO/c1-51(2)23-24-52(3,4)46-30-38(18-21-45(46)51)55(37-19-22-48-42(29-37)40-10-6-8-12-47(40)56-48)36-16-13-33(14-17-36)34-15-20-44-41(27-34)39-9-5-7-11-43(39)54(44)49-26-32-25-35-28-50(54)53(35,49)31-32/h5-22,27,29-30,32,35,49-50H,23-26,28,31H2,1-4H3. The van der Waals surface area contributed by atoms with Gasteiger partial charge in [0.1, 0.15) is 11.2 Å². The summed E-state index contributed by atoms with van der Waals surface area (Å²) in [6, 6.07) is 48.8. The Morgan fingerprint density at radius 2 is 1.18 bits per heavy atom. The van der Waals surface area contributed by atoms with Gasteiger partial charge in [-0.2, -0.15) is 0 Å². The molecule has 2 spiro atoms. The van der Waals surface area contributed by atoms with E-state index in [2.05, 4.69) is 160 Å². The fourth-order valence-corrected chi connectivity index (χ4v) is 14.3. The smallest absolute Gasteiger partial charge is 0.135 e. The molecule has 56 heavy (non-hydrogen) atoms. The molecule has 1 heterocycles. The average molecular weight is 728 g/mol. The molecule has 7 aromatic rings. The van der Waals surface area contributed by atoms with E-state index in [0.717, 1.165) is 57.0 Å². The maximum atomic E-state index is 6.29. The third-order valence-corrected chi connectivity index (χ3v) is 16.8. The minimum absolute atomic E-state index is 0.115. The Balaban J connectivity index is 0.923. The van der Waals surface area contributed by atoms with E-state index >= 15 is 0 Å². The molecule has 0 radical (unpaired) electrons. The second kappa shape index (κ2) is 10.5. The molecule has 6 atom stereocenters. The van der Waals surface area contributed by atoms with Crippen LogP contribution in [0, 0.1) is 29.1 Å². The molecule has 4 fully saturated rings. The molecule has 2 nitrogen and oxygen atoms in total. The van der Waals surface area contributed by atoms with Gasteiger partial charge in [0.15, 0.2) is 0 Å². The first-order valence-corrected chi connectivity index (χ1v) is 21.4. The second-order valence-corrected chi connectivity index (χ2v) is 20.0. The minimum atomic E-state index is 0.115. The van der Waals surface area contributed by atoms with Gasteiger partial charge in [0.25, 0.3) is 0 Å². The number of anilines is 3. The average Bonchev–Trinajstić information content (AvgIpc) is 3.94. The van der Waals surface area contributed by atoms with Crippen LogP contribution < -0.4 is 4.90 Å². The van der Waals surface area contributed by atoms with Crippen LogP contribution in [0.4, 0.5) is 17.1 Å². The highest BCUT2D eigenvalue weighted by Crippen LogP contribution is 2.89. The Kier molecular flexibility index (Phi) is 5.98. The normalized spacial score (nSPS) is 29.1. The van der Waals surface area contributed by atoms with Crippen molar-refractivity contribution >= 4 is 39.0 Å². The Morgan fingerprint density at radius 1 is 0.518 bits per heavy atom. The number of hydrogen-bond acceptors (Lipinski definition) is 2. The quantitative estimate of drug-likeness (QED) is 0.179. The summed E-state index contributed by atoms with van der Waals surface area (Å²) in [5.74, 6) is 3.67. The van der Waals surface area contributed by atoms with Crippen LogP contribution in [-0.2, 0) is 16.2 Å². The fourth-order valence-electron chi connectivity index (χ4n) is 14.3. The van der Waals surface area contributed by atoms with E-state index in [9.17, 15) is 0 Å². The first-order valence-electron chi connectivity index (χ1n) is 21.4. The molecule has 2 bridgehead atoms. The van der Waals surface area contributed by atoms with Gasteiger partial charge in [0, 0.05) is 33.2 Å². The first kappa shape index (κ1) is 32.1. The largest absolute Gasteiger partial charge is 0.456 e. The van der Waals surface area contributed by atoms with Gasteiger partial charge in [-0.15, -0.1) is 0 Å². The number of benzene rings is 6. The number of fused-ring (bicyclic) bond motifs is 12. The molecule has 4 saturated carbocycles. The summed E-state index contributed by atoms with van der Waals surface area (Å²) >= 11 is 0. The predicted molar refractivity (Wildman–Crippen MR) is 230 cm³/mol. The maximum absolute atomic E-state index is 6.29. The van der Waals surface area contributed by atoms with Crippen molar-refractivity contribution in [3.05, 3.63) is 150 Å². The number of para-hydroxylation sites is 1. The van der Waals surface area contributed by atoms with E-state index in [1.54, 1.807) is 11.1 Å². The molecule has 6 aliphatic carbocycles. The zero-order valence-electron chi connectivity index (χ0n) is 33.0. The molecule has 13 rings (SSSR count). The summed E-state index contributed by atoms with van der Waals surface area (Å²) in [5, 5.41) is 2.30. The van der Waals surface area contributed by atoms with Crippen molar-refractivity contribution in [2.75, 3.05) is 4.90 Å². The van der Waals surface area contributed by atoms with Gasteiger partial charge < -0.3 is 9.32 Å². The topological polar surface area (TPSA) is 16.4 Å². The van der Waals surface area contributed by atoms with E-state index in [-0.39, 0.29) is 16.2 Å². The zero-order valence-corrected chi connectivity index (χ0v) is 33.0. The lowest BCUT2D eigenvalue weighted by atomic mass is 9.27. The molecule has 0 amide bonds. The molecule has 6 aromatic carbocycles. The SMILES string of the molecule is CC1(C)CCC(C)(C)c2cc(N(c3ccc(-c4ccc5c(c4)-c4ccccc4C54C5CC6CC7CC4C75C6)cc3)c3ccc4oc5ccccc5c4c3)ccc21. The summed E-state index contributed by atoms with van der Waals surface area (Å²) < 4.78 is 6.29. The van der Waals surface area contributed by atoms with Crippen LogP contribution in [-0.4, -0.2) is 0 Å². The minimum Gasteiger partial charge on any atom is -0.456 e. The van der Waals surface area contributed by atoms with Crippen LogP contribution in [0.3, 0.4) is 0 Å². The lowest BCUT2D eigenvalue weighted by molar-refractivity contribution is -0.231. The Morgan fingerprint density at radius 3 is 2.04 bits per heavy atom. The van der Waals surface area contributed by atoms with Crippen molar-refractivity contribution in [2.24, 2.45) is 29.1 Å². The monoisotopic (exact) mass is 727 g/mol. The molecular formula is C54H49NO. The predicted octanol–water partition coefficient (Wildman–Crippen LogP) is 14.4. The summed E-state index contributed by atoms with van der Waals surface area (Å²) in [6.07, 6.45) is 8.32. The number of nitrogens with zero attached hydrogens (tertiary/aromatic N) is 1. The van der Waals surface area contributed by atoms with Crippen molar-refractivity contribution in [3.63, 3.8) is 0 Å². The number of rotatable bonds is 4. The van der Waals surface area contributed by atoms with Crippen LogP contribution in [0.5, 0.6) is 0 Å². The van der Waals surface area contributed by atoms with Crippen molar-refractivity contribution in [2.45, 2.75) is 82.5 Å². The summed E-state index contributed by atoms with van der Waals surface area (Å²) in [5.41, 5.74) is 18.4. The Hall–Kier alpha value is -5.08. The highest BCUT2D eigenvalue weighted by Gasteiger charge is 2.84. The zero-order chi connectivity index (χ0) is 37.3. The second-order valence-electron chi connectivity index (χ2n) is 20.0. The summed E-state index contributed by atoms with van der Waals surface area (Å²) in [4.78, 5) is 2.46. The summed E-state index contributed by atoms with van der Waals surface area (Å²) in [6.45, 7) is 9.68. The molecule has 0 saturated heterocycles. The molecule has 6 aliphatic rings. The number of hydrogen-bond donors (Lipinski definition) is 0. The maximum Gasteiger partial charge on any atom is 0.135 e. The van der Waals surface area contributed by atoms with E-state index in [0.29, 0.717) is 5.41 Å². The molecule has 6 unspecified atom stereocenters. The highest BCUT2D eigenvalue weighted by molar-refractivity contribution is 6.06. The van der Waals surface area contributed by atoms with Gasteiger partial charge >= 0.3 is 0 Å². The van der Waals surface area contributed by atoms with Gasteiger partial charge in [-0.25, -0.2) is 0 Å². The van der Waals surface area contributed by atoms with Crippen molar-refractivity contribution in [1.29, 1.82) is 0 Å². The first-order chi connectivity index (χ1) is 27.2. The van der Waals surface area contributed by atoms with Crippen LogP contribution in [0.1, 0.15) is 88.5 Å². The van der Waals surface area contributed by atoms with E-state index in [1.165, 1.54) is 77.6 Å². The summed E-state index contributed by atoms with van der Waals surface area (Å²) in [7, 11) is 0. The molecule has 2 heteroatoms. The van der Waals surface area contributed by atoms with Gasteiger partial charge in [0.2, 0.25) is 0 Å². The van der Waals surface area contributed by atoms with E-state index < -0.39 is 0 Å². The fraction of sp³-hybridized carbons (Fsp3) is 0.333. The molecule has 0 N–H and O–H groups in total. The molecule has 0 aliphatic heterocycles. The van der Waals surface area contributed by atoms with E-state index in [1.807, 2.05) is 0 Å². The highest BCUT2D eigenvalue weighted by atomic mass is 16.3. The molecule has 276 valence electrons. The van der Waals surface area contributed by atoms with E-state index in [4.69, 9.17) is 4.42 Å². The van der Waals surface area contributed by atoms with Crippen LogP contribution >= 0.6 is 0 Å². The Labute approximate surface area is 330 Å². The van der Waals surface area contributed by atoms with Crippen LogP contribution in [0.25, 0.3) is 44.2 Å².